The van der Waals surface area contributed by atoms with E-state index in [1.807, 2.05) is 6.07 Å². The second-order valence-electron chi connectivity index (χ2n) is 5.55. The highest BCUT2D eigenvalue weighted by atomic mass is 32.2. The van der Waals surface area contributed by atoms with Crippen molar-refractivity contribution in [3.8, 4) is 11.8 Å². The van der Waals surface area contributed by atoms with Gasteiger partial charge in [0.05, 0.1) is 23.6 Å². The van der Waals surface area contributed by atoms with Crippen LogP contribution in [0.25, 0.3) is 0 Å². The molecule has 0 saturated carbocycles. The highest BCUT2D eigenvalue weighted by Gasteiger charge is 2.31. The van der Waals surface area contributed by atoms with Crippen molar-refractivity contribution in [2.24, 2.45) is 0 Å². The monoisotopic (exact) mass is 413 g/mol. The molecule has 0 bridgehead atoms. The number of nitriles is 1. The summed E-state index contributed by atoms with van der Waals surface area (Å²) in [7, 11) is -3.84. The number of hydrogen-bond acceptors (Lipinski definition) is 5. The van der Waals surface area contributed by atoms with Crippen molar-refractivity contribution in [1.29, 1.82) is 5.26 Å². The molecule has 0 aliphatic carbocycles. The van der Waals surface area contributed by atoms with Crippen LogP contribution >= 0.6 is 0 Å². The lowest BCUT2D eigenvalue weighted by Gasteiger charge is -2.22. The number of ether oxygens (including phenoxy) is 1. The van der Waals surface area contributed by atoms with Crippen LogP contribution in [0.4, 0.5) is 24.5 Å². The SMILES string of the molecule is CS(=O)(=O)N(CC(=O)Nc1ccc(OC(F)(F)F)cc1)c1cccc(C#N)c1. The van der Waals surface area contributed by atoms with Crippen LogP contribution in [0, 0.1) is 11.3 Å². The first-order chi connectivity index (χ1) is 13.0. The van der Waals surface area contributed by atoms with Gasteiger partial charge in [-0.05, 0) is 42.5 Å². The fourth-order valence-corrected chi connectivity index (χ4v) is 3.05. The molecule has 0 aliphatic heterocycles. The molecule has 0 heterocycles. The minimum Gasteiger partial charge on any atom is -0.406 e. The number of alkyl halides is 3. The van der Waals surface area contributed by atoms with E-state index in [9.17, 15) is 26.4 Å². The Bertz CT molecular complexity index is 1000. The van der Waals surface area contributed by atoms with E-state index < -0.39 is 34.6 Å². The summed E-state index contributed by atoms with van der Waals surface area (Å²) in [6, 6.07) is 12.0. The maximum Gasteiger partial charge on any atom is 0.573 e. The van der Waals surface area contributed by atoms with Gasteiger partial charge in [-0.1, -0.05) is 6.07 Å². The minimum atomic E-state index is -4.83. The normalized spacial score (nSPS) is 11.4. The second-order valence-corrected chi connectivity index (χ2v) is 7.46. The number of carbonyl (C=O) groups is 1. The molecule has 0 saturated heterocycles. The van der Waals surface area contributed by atoms with Gasteiger partial charge in [0.25, 0.3) is 0 Å². The van der Waals surface area contributed by atoms with Crippen molar-refractivity contribution >= 4 is 27.3 Å². The van der Waals surface area contributed by atoms with E-state index in [2.05, 4.69) is 10.1 Å². The van der Waals surface area contributed by atoms with Gasteiger partial charge in [-0.2, -0.15) is 5.26 Å². The van der Waals surface area contributed by atoms with E-state index in [0.717, 1.165) is 22.7 Å². The fraction of sp³-hybridized carbons (Fsp3) is 0.176. The Morgan fingerprint density at radius 1 is 1.21 bits per heavy atom. The number of rotatable bonds is 6. The molecule has 0 unspecified atom stereocenters. The van der Waals surface area contributed by atoms with Gasteiger partial charge >= 0.3 is 6.36 Å². The number of anilines is 2. The van der Waals surface area contributed by atoms with Crippen LogP contribution in [-0.4, -0.2) is 33.5 Å². The standard InChI is InChI=1S/C17H14F3N3O4S/c1-28(25,26)23(14-4-2-3-12(9-14)10-21)11-16(24)22-13-5-7-15(8-6-13)27-17(18,19)20/h2-9H,11H2,1H3,(H,22,24). The quantitative estimate of drug-likeness (QED) is 0.785. The number of amides is 1. The minimum absolute atomic E-state index is 0.130. The molecular formula is C17H14F3N3O4S. The highest BCUT2D eigenvalue weighted by molar-refractivity contribution is 7.92. The van der Waals surface area contributed by atoms with E-state index in [-0.39, 0.29) is 16.9 Å². The summed E-state index contributed by atoms with van der Waals surface area (Å²) in [6.45, 7) is -0.589. The van der Waals surface area contributed by atoms with Crippen molar-refractivity contribution in [2.45, 2.75) is 6.36 Å². The molecule has 1 N–H and O–H groups in total. The van der Waals surface area contributed by atoms with Crippen LogP contribution < -0.4 is 14.4 Å². The van der Waals surface area contributed by atoms with E-state index in [0.29, 0.717) is 0 Å². The molecule has 0 fully saturated rings. The summed E-state index contributed by atoms with van der Waals surface area (Å²) in [5, 5.41) is 11.3. The van der Waals surface area contributed by atoms with Gasteiger partial charge in [-0.15, -0.1) is 13.2 Å². The molecule has 0 aromatic heterocycles. The fourth-order valence-electron chi connectivity index (χ4n) is 2.20. The molecule has 1 amide bonds. The summed E-state index contributed by atoms with van der Waals surface area (Å²) >= 11 is 0. The zero-order chi connectivity index (χ0) is 20.9. The third-order valence-electron chi connectivity index (χ3n) is 3.32. The topological polar surface area (TPSA) is 99.5 Å². The van der Waals surface area contributed by atoms with Crippen molar-refractivity contribution in [3.63, 3.8) is 0 Å². The van der Waals surface area contributed by atoms with Gasteiger partial charge in [-0.25, -0.2) is 8.42 Å². The zero-order valence-corrected chi connectivity index (χ0v) is 15.2. The smallest absolute Gasteiger partial charge is 0.406 e. The Labute approximate surface area is 159 Å². The van der Waals surface area contributed by atoms with Crippen molar-refractivity contribution in [3.05, 3.63) is 54.1 Å². The summed E-state index contributed by atoms with van der Waals surface area (Å²) in [4.78, 5) is 12.2. The lowest BCUT2D eigenvalue weighted by molar-refractivity contribution is -0.274. The molecule has 0 spiro atoms. The van der Waals surface area contributed by atoms with Gasteiger partial charge in [0.2, 0.25) is 15.9 Å². The van der Waals surface area contributed by atoms with Gasteiger partial charge < -0.3 is 10.1 Å². The Hall–Kier alpha value is -3.26. The third-order valence-corrected chi connectivity index (χ3v) is 4.46. The summed E-state index contributed by atoms with van der Waals surface area (Å²) in [5.41, 5.74) is 0.496. The largest absolute Gasteiger partial charge is 0.573 e. The van der Waals surface area contributed by atoms with Crippen molar-refractivity contribution in [2.75, 3.05) is 22.4 Å². The maximum atomic E-state index is 12.2. The molecule has 0 radical (unpaired) electrons. The van der Waals surface area contributed by atoms with Gasteiger partial charge in [-0.3, -0.25) is 9.10 Å². The first-order valence-corrected chi connectivity index (χ1v) is 9.46. The van der Waals surface area contributed by atoms with Crippen LogP contribution in [0.3, 0.4) is 0 Å². The Balaban J connectivity index is 2.13. The molecule has 11 heteroatoms. The number of halogens is 3. The van der Waals surface area contributed by atoms with E-state index in [1.165, 1.54) is 36.4 Å². The van der Waals surface area contributed by atoms with Crippen molar-refractivity contribution in [1.82, 2.24) is 0 Å². The molecule has 2 rings (SSSR count). The number of carbonyl (C=O) groups excluding carboxylic acids is 1. The van der Waals surface area contributed by atoms with Gasteiger partial charge in [0.15, 0.2) is 0 Å². The Kier molecular flexibility index (Phi) is 6.15. The molecule has 0 aliphatic rings. The van der Waals surface area contributed by atoms with Crippen LogP contribution in [-0.2, 0) is 14.8 Å². The first kappa shape index (κ1) is 21.0. The van der Waals surface area contributed by atoms with E-state index >= 15 is 0 Å². The van der Waals surface area contributed by atoms with Crippen LogP contribution in [0.1, 0.15) is 5.56 Å². The molecule has 7 nitrogen and oxygen atoms in total. The highest BCUT2D eigenvalue weighted by Crippen LogP contribution is 2.24. The molecular weight excluding hydrogens is 399 g/mol. The molecule has 2 aromatic rings. The lowest BCUT2D eigenvalue weighted by atomic mass is 10.2. The first-order valence-electron chi connectivity index (χ1n) is 7.61. The summed E-state index contributed by atoms with van der Waals surface area (Å²) in [5.74, 6) is -1.19. The summed E-state index contributed by atoms with van der Waals surface area (Å²) in [6.07, 6.45) is -3.93. The van der Waals surface area contributed by atoms with E-state index in [1.54, 1.807) is 0 Å². The van der Waals surface area contributed by atoms with Crippen LogP contribution in [0.5, 0.6) is 5.75 Å². The molecule has 0 atom stereocenters. The second kappa shape index (κ2) is 8.18. The third kappa shape index (κ3) is 6.17. The molecule has 28 heavy (non-hydrogen) atoms. The average Bonchev–Trinajstić information content (AvgIpc) is 2.59. The van der Waals surface area contributed by atoms with Crippen molar-refractivity contribution < 1.29 is 31.1 Å². The predicted molar refractivity (Wildman–Crippen MR) is 95.1 cm³/mol. The van der Waals surface area contributed by atoms with Crippen LogP contribution in [0.2, 0.25) is 0 Å². The summed E-state index contributed by atoms with van der Waals surface area (Å²) < 4.78 is 65.1. The zero-order valence-electron chi connectivity index (χ0n) is 14.4. The Morgan fingerprint density at radius 2 is 1.86 bits per heavy atom. The number of hydrogen-bond donors (Lipinski definition) is 1. The maximum absolute atomic E-state index is 12.2. The molecule has 2 aromatic carbocycles. The van der Waals surface area contributed by atoms with Crippen LogP contribution in [0.15, 0.2) is 48.5 Å². The molecule has 148 valence electrons. The predicted octanol–water partition coefficient (Wildman–Crippen LogP) is 2.86. The van der Waals surface area contributed by atoms with E-state index in [4.69, 9.17) is 5.26 Å². The average molecular weight is 413 g/mol. The van der Waals surface area contributed by atoms with Gasteiger partial charge in [0.1, 0.15) is 12.3 Å². The van der Waals surface area contributed by atoms with Gasteiger partial charge in [0, 0.05) is 5.69 Å². The number of sulfonamides is 1. The number of nitrogens with zero attached hydrogens (tertiary/aromatic N) is 2. The lowest BCUT2D eigenvalue weighted by Crippen LogP contribution is -2.37. The number of nitrogens with one attached hydrogen (secondary N) is 1. The number of benzene rings is 2. The Morgan fingerprint density at radius 3 is 2.39 bits per heavy atom.